The molecule has 0 aliphatic carbocycles. The van der Waals surface area contributed by atoms with Crippen molar-refractivity contribution in [3.8, 4) is 0 Å². The predicted molar refractivity (Wildman–Crippen MR) is 42.2 cm³/mol. The van der Waals surface area contributed by atoms with E-state index in [1.165, 1.54) is 0 Å². The van der Waals surface area contributed by atoms with Gasteiger partial charge >= 0.3 is 0 Å². The quantitative estimate of drug-likeness (QED) is 0.460. The number of aromatic nitrogens is 3. The highest BCUT2D eigenvalue weighted by Crippen LogP contribution is 1.92. The molecule has 0 saturated heterocycles. The molecule has 1 heterocycles. The van der Waals surface area contributed by atoms with Gasteiger partial charge in [-0.3, -0.25) is 4.99 Å². The van der Waals surface area contributed by atoms with E-state index in [1.807, 2.05) is 13.8 Å². The third kappa shape index (κ3) is 2.03. The van der Waals surface area contributed by atoms with Gasteiger partial charge in [0.25, 0.3) is 0 Å². The number of nitrogens with zero attached hydrogens (tertiary/aromatic N) is 3. The Bertz CT molecular complexity index is 235. The first-order valence-corrected chi connectivity index (χ1v) is 3.39. The van der Waals surface area contributed by atoms with Crippen LogP contribution in [0.15, 0.2) is 11.2 Å². The van der Waals surface area contributed by atoms with Crippen LogP contribution < -0.4 is 5.73 Å². The molecule has 60 valence electrons. The fourth-order valence-corrected chi connectivity index (χ4v) is 0.669. The van der Waals surface area contributed by atoms with Crippen molar-refractivity contribution in [2.45, 2.75) is 19.9 Å². The van der Waals surface area contributed by atoms with Crippen LogP contribution in [-0.2, 0) is 0 Å². The Morgan fingerprint density at radius 1 is 1.73 bits per heavy atom. The molecule has 0 radical (unpaired) electrons. The summed E-state index contributed by atoms with van der Waals surface area (Å²) in [4.78, 5) is 4.09. The molecule has 0 bridgehead atoms. The number of aromatic amines is 1. The zero-order valence-electron chi connectivity index (χ0n) is 6.57. The van der Waals surface area contributed by atoms with Crippen LogP contribution in [0.3, 0.4) is 0 Å². The summed E-state index contributed by atoms with van der Waals surface area (Å²) in [6.07, 6.45) is 1.54. The lowest BCUT2D eigenvalue weighted by molar-refractivity contribution is 0.832. The van der Waals surface area contributed by atoms with Crippen molar-refractivity contribution < 1.29 is 0 Å². The average molecular weight is 153 g/mol. The zero-order valence-corrected chi connectivity index (χ0v) is 6.57. The second-order valence-electron chi connectivity index (χ2n) is 2.46. The van der Waals surface area contributed by atoms with Crippen molar-refractivity contribution in [2.75, 3.05) is 0 Å². The van der Waals surface area contributed by atoms with Crippen LogP contribution in [0.4, 0.5) is 0 Å². The van der Waals surface area contributed by atoms with Gasteiger partial charge in [-0.15, -0.1) is 0 Å². The van der Waals surface area contributed by atoms with Gasteiger partial charge in [-0.25, -0.2) is 0 Å². The topological polar surface area (TPSA) is 80.0 Å². The van der Waals surface area contributed by atoms with E-state index in [9.17, 15) is 0 Å². The maximum Gasteiger partial charge on any atom is 0.148 e. The summed E-state index contributed by atoms with van der Waals surface area (Å²) < 4.78 is 0. The maximum atomic E-state index is 5.57. The van der Waals surface area contributed by atoms with E-state index >= 15 is 0 Å². The largest absolute Gasteiger partial charge is 0.382 e. The van der Waals surface area contributed by atoms with Gasteiger partial charge in [0.15, 0.2) is 0 Å². The van der Waals surface area contributed by atoms with Crippen molar-refractivity contribution in [2.24, 2.45) is 10.7 Å². The molecule has 1 rings (SSSR count). The predicted octanol–water partition coefficient (Wildman–Crippen LogP) is -0.0816. The number of aliphatic imine (C=N–C) groups is 1. The Morgan fingerprint density at radius 3 is 2.91 bits per heavy atom. The van der Waals surface area contributed by atoms with Gasteiger partial charge in [0, 0.05) is 6.04 Å². The molecule has 0 aliphatic rings. The minimum absolute atomic E-state index is 0.187. The summed E-state index contributed by atoms with van der Waals surface area (Å²) in [5.41, 5.74) is 6.16. The van der Waals surface area contributed by atoms with E-state index < -0.39 is 0 Å². The summed E-state index contributed by atoms with van der Waals surface area (Å²) in [5.74, 6) is 0.425. The third-order valence-electron chi connectivity index (χ3n) is 1.07. The van der Waals surface area contributed by atoms with Gasteiger partial charge in [-0.2, -0.15) is 15.4 Å². The molecular weight excluding hydrogens is 142 g/mol. The van der Waals surface area contributed by atoms with Crippen LogP contribution in [0.5, 0.6) is 0 Å². The monoisotopic (exact) mass is 153 g/mol. The molecule has 0 unspecified atom stereocenters. The van der Waals surface area contributed by atoms with Gasteiger partial charge < -0.3 is 5.73 Å². The molecule has 5 heteroatoms. The van der Waals surface area contributed by atoms with Crippen LogP contribution >= 0.6 is 0 Å². The Kier molecular flexibility index (Phi) is 2.20. The van der Waals surface area contributed by atoms with Gasteiger partial charge in [0.05, 0.1) is 6.20 Å². The number of hydrogen-bond acceptors (Lipinski definition) is 3. The number of amidine groups is 1. The fourth-order valence-electron chi connectivity index (χ4n) is 0.669. The zero-order chi connectivity index (χ0) is 8.27. The molecule has 11 heavy (non-hydrogen) atoms. The van der Waals surface area contributed by atoms with Crippen molar-refractivity contribution in [3.05, 3.63) is 11.9 Å². The van der Waals surface area contributed by atoms with E-state index in [0.29, 0.717) is 11.5 Å². The molecule has 0 saturated carbocycles. The number of hydrogen-bond donors (Lipinski definition) is 2. The molecule has 0 fully saturated rings. The minimum Gasteiger partial charge on any atom is -0.382 e. The van der Waals surface area contributed by atoms with Gasteiger partial charge in [-0.05, 0) is 13.8 Å². The Hall–Kier alpha value is -1.39. The summed E-state index contributed by atoms with van der Waals surface area (Å²) in [7, 11) is 0. The van der Waals surface area contributed by atoms with E-state index in [4.69, 9.17) is 5.73 Å². The van der Waals surface area contributed by atoms with Crippen LogP contribution in [-0.4, -0.2) is 27.3 Å². The maximum absolute atomic E-state index is 5.57. The van der Waals surface area contributed by atoms with Gasteiger partial charge in [0.1, 0.15) is 11.5 Å². The lowest BCUT2D eigenvalue weighted by Gasteiger charge is -1.97. The van der Waals surface area contributed by atoms with Crippen LogP contribution in [0.25, 0.3) is 0 Å². The summed E-state index contributed by atoms with van der Waals surface area (Å²) in [6.45, 7) is 3.90. The SMILES string of the molecule is CC(C)N=C(N)c1cn[nH]n1. The third-order valence-corrected chi connectivity index (χ3v) is 1.07. The first-order chi connectivity index (χ1) is 5.20. The highest BCUT2D eigenvalue weighted by molar-refractivity contribution is 5.95. The Labute approximate surface area is 64.7 Å². The summed E-state index contributed by atoms with van der Waals surface area (Å²) >= 11 is 0. The lowest BCUT2D eigenvalue weighted by atomic mass is 10.4. The summed E-state index contributed by atoms with van der Waals surface area (Å²) in [6, 6.07) is 0.187. The highest BCUT2D eigenvalue weighted by atomic mass is 15.3. The number of nitrogens with two attached hydrogens (primary N) is 1. The van der Waals surface area contributed by atoms with E-state index in [1.54, 1.807) is 6.20 Å². The fraction of sp³-hybridized carbons (Fsp3) is 0.500. The van der Waals surface area contributed by atoms with E-state index in [0.717, 1.165) is 0 Å². The average Bonchev–Trinajstić information content (AvgIpc) is 2.35. The molecule has 5 nitrogen and oxygen atoms in total. The molecule has 0 spiro atoms. The molecule has 1 aromatic rings. The second kappa shape index (κ2) is 3.14. The number of nitrogens with one attached hydrogen (secondary N) is 1. The normalized spacial score (nSPS) is 12.5. The van der Waals surface area contributed by atoms with Crippen LogP contribution in [0, 0.1) is 0 Å². The van der Waals surface area contributed by atoms with Crippen molar-refractivity contribution in [1.29, 1.82) is 0 Å². The molecule has 0 aliphatic heterocycles. The first-order valence-electron chi connectivity index (χ1n) is 3.39. The van der Waals surface area contributed by atoms with E-state index in [2.05, 4.69) is 20.4 Å². The summed E-state index contributed by atoms with van der Waals surface area (Å²) in [5, 5.41) is 9.85. The number of H-pyrrole nitrogens is 1. The molecular formula is C6H11N5. The van der Waals surface area contributed by atoms with Crippen LogP contribution in [0.1, 0.15) is 19.5 Å². The molecule has 0 amide bonds. The van der Waals surface area contributed by atoms with Crippen molar-refractivity contribution >= 4 is 5.84 Å². The van der Waals surface area contributed by atoms with E-state index in [-0.39, 0.29) is 6.04 Å². The number of rotatable bonds is 2. The highest BCUT2D eigenvalue weighted by Gasteiger charge is 2.00. The smallest absolute Gasteiger partial charge is 0.148 e. The Balaban J connectivity index is 2.77. The minimum atomic E-state index is 0.187. The molecule has 0 atom stereocenters. The lowest BCUT2D eigenvalue weighted by Crippen LogP contribution is -2.16. The van der Waals surface area contributed by atoms with Crippen molar-refractivity contribution in [3.63, 3.8) is 0 Å². The standard InChI is InChI=1S/C6H11N5/c1-4(2)9-6(7)5-3-8-11-10-5/h3-4H,1-2H3,(H2,7,9)(H,8,10,11). The molecule has 0 aromatic carbocycles. The molecule has 1 aromatic heterocycles. The van der Waals surface area contributed by atoms with Crippen LogP contribution in [0.2, 0.25) is 0 Å². The van der Waals surface area contributed by atoms with Gasteiger partial charge in [-0.1, -0.05) is 0 Å². The molecule has 3 N–H and O–H groups in total. The first kappa shape index (κ1) is 7.71. The Morgan fingerprint density at radius 2 is 2.45 bits per heavy atom. The van der Waals surface area contributed by atoms with Gasteiger partial charge in [0.2, 0.25) is 0 Å². The van der Waals surface area contributed by atoms with Crippen molar-refractivity contribution in [1.82, 2.24) is 15.4 Å². The second-order valence-corrected chi connectivity index (χ2v) is 2.46.